The molecule has 0 N–H and O–H groups in total. The van der Waals surface area contributed by atoms with Crippen LogP contribution < -0.4 is 4.90 Å². The molecule has 1 rings (SSSR count). The van der Waals surface area contributed by atoms with E-state index in [0.717, 1.165) is 12.1 Å². The number of carbonyl (C=O) groups excluding carboxylic acids is 1. The number of anilines is 1. The van der Waals surface area contributed by atoms with E-state index in [-0.39, 0.29) is 18.3 Å². The monoisotopic (exact) mass is 270 g/mol. The summed E-state index contributed by atoms with van der Waals surface area (Å²) < 4.78 is 38.5. The van der Waals surface area contributed by atoms with Crippen LogP contribution in [0.4, 0.5) is 18.9 Å². The summed E-state index contributed by atoms with van der Waals surface area (Å²) in [4.78, 5) is 12.1. The molecule has 0 saturated heterocycles. The molecule has 1 aromatic rings. The van der Waals surface area contributed by atoms with E-state index in [0.29, 0.717) is 6.29 Å². The minimum atomic E-state index is -4.59. The molecule has 0 radical (unpaired) electrons. The summed E-state index contributed by atoms with van der Waals surface area (Å²) in [7, 11) is 0. The van der Waals surface area contributed by atoms with Crippen molar-refractivity contribution in [1.82, 2.24) is 0 Å². The van der Waals surface area contributed by atoms with E-state index < -0.39 is 17.3 Å². The molecule has 0 aliphatic heterocycles. The molecule has 1 aromatic carbocycles. The minimum Gasteiger partial charge on any atom is -0.362 e. The van der Waals surface area contributed by atoms with Gasteiger partial charge in [0.1, 0.15) is 6.29 Å². The molecule has 0 unspecified atom stereocenters. The number of aldehydes is 1. The Morgan fingerprint density at radius 2 is 2.05 bits per heavy atom. The normalized spacial score (nSPS) is 11.2. The second kappa shape index (κ2) is 5.74. The lowest BCUT2D eigenvalue weighted by atomic mass is 10.1. The first kappa shape index (κ1) is 15.0. The molecule has 0 aliphatic rings. The summed E-state index contributed by atoms with van der Waals surface area (Å²) in [6, 6.07) is 4.84. The van der Waals surface area contributed by atoms with Gasteiger partial charge in [0.2, 0.25) is 0 Å². The van der Waals surface area contributed by atoms with Crippen LogP contribution >= 0.6 is 0 Å². The molecule has 0 saturated carbocycles. The van der Waals surface area contributed by atoms with Gasteiger partial charge in [-0.2, -0.15) is 18.4 Å². The number of nitriles is 1. The van der Waals surface area contributed by atoms with E-state index in [2.05, 4.69) is 0 Å². The highest BCUT2D eigenvalue weighted by Crippen LogP contribution is 2.34. The van der Waals surface area contributed by atoms with Gasteiger partial charge in [-0.25, -0.2) is 0 Å². The average Bonchev–Trinajstić information content (AvgIpc) is 2.33. The van der Waals surface area contributed by atoms with E-state index in [9.17, 15) is 18.0 Å². The summed E-state index contributed by atoms with van der Waals surface area (Å²) in [5.41, 5.74) is -1.14. The molecular formula is C13H13F3N2O. The zero-order valence-corrected chi connectivity index (χ0v) is 10.5. The third-order valence-electron chi connectivity index (χ3n) is 2.66. The number of nitrogens with zero attached hydrogens (tertiary/aromatic N) is 2. The highest BCUT2D eigenvalue weighted by atomic mass is 19.4. The number of benzene rings is 1. The van der Waals surface area contributed by atoms with Crippen molar-refractivity contribution >= 4 is 12.0 Å². The minimum absolute atomic E-state index is 0.000857. The second-order valence-electron chi connectivity index (χ2n) is 4.25. The average molecular weight is 270 g/mol. The molecular weight excluding hydrogens is 257 g/mol. The maximum absolute atomic E-state index is 12.8. The van der Waals surface area contributed by atoms with Gasteiger partial charge in [-0.15, -0.1) is 0 Å². The van der Waals surface area contributed by atoms with Crippen LogP contribution in [-0.2, 0) is 11.0 Å². The van der Waals surface area contributed by atoms with Crippen molar-refractivity contribution in [1.29, 1.82) is 5.26 Å². The lowest BCUT2D eigenvalue weighted by Crippen LogP contribution is -2.32. The summed E-state index contributed by atoms with van der Waals surface area (Å²) in [6.07, 6.45) is -3.96. The van der Waals surface area contributed by atoms with Gasteiger partial charge in [0.25, 0.3) is 0 Å². The molecule has 3 nitrogen and oxygen atoms in total. The zero-order chi connectivity index (χ0) is 14.6. The molecule has 0 bridgehead atoms. The number of halogens is 3. The SMILES string of the molecule is CC(C)N(CC=O)c1ccc(C#N)c(C(F)(F)F)c1. The molecule has 6 heteroatoms. The Morgan fingerprint density at radius 3 is 2.47 bits per heavy atom. The largest absolute Gasteiger partial charge is 0.417 e. The topological polar surface area (TPSA) is 44.1 Å². The summed E-state index contributed by atoms with van der Waals surface area (Å²) >= 11 is 0. The van der Waals surface area contributed by atoms with Crippen molar-refractivity contribution < 1.29 is 18.0 Å². The molecule has 0 fully saturated rings. The molecule has 0 aliphatic carbocycles. The molecule has 0 amide bonds. The van der Waals surface area contributed by atoms with Crippen molar-refractivity contribution in [3.8, 4) is 6.07 Å². The lowest BCUT2D eigenvalue weighted by molar-refractivity contribution is -0.137. The smallest absolute Gasteiger partial charge is 0.362 e. The number of carbonyl (C=O) groups is 1. The van der Waals surface area contributed by atoms with E-state index >= 15 is 0 Å². The van der Waals surface area contributed by atoms with E-state index in [1.54, 1.807) is 13.8 Å². The Balaban J connectivity index is 3.32. The summed E-state index contributed by atoms with van der Waals surface area (Å²) in [5, 5.41) is 8.70. The van der Waals surface area contributed by atoms with Crippen LogP contribution in [0.3, 0.4) is 0 Å². The molecule has 0 heterocycles. The standard InChI is InChI=1S/C13H13F3N2O/c1-9(2)18(5-6-19)11-4-3-10(8-17)12(7-11)13(14,15)16/h3-4,6-7,9H,5H2,1-2H3. The number of hydrogen-bond donors (Lipinski definition) is 0. The number of alkyl halides is 3. The molecule has 0 aromatic heterocycles. The molecule has 0 spiro atoms. The quantitative estimate of drug-likeness (QED) is 0.790. The third kappa shape index (κ3) is 3.47. The molecule has 0 atom stereocenters. The van der Waals surface area contributed by atoms with Crippen LogP contribution in [0.5, 0.6) is 0 Å². The second-order valence-corrected chi connectivity index (χ2v) is 4.25. The van der Waals surface area contributed by atoms with Crippen molar-refractivity contribution in [2.45, 2.75) is 26.1 Å². The Labute approximate surface area is 109 Å². The van der Waals surface area contributed by atoms with Crippen LogP contribution in [0.15, 0.2) is 18.2 Å². The predicted molar refractivity (Wildman–Crippen MR) is 64.7 cm³/mol. The molecule has 102 valence electrons. The predicted octanol–water partition coefficient (Wildman–Crippen LogP) is 2.99. The van der Waals surface area contributed by atoms with Gasteiger partial charge in [0.05, 0.1) is 23.7 Å². The first-order valence-corrected chi connectivity index (χ1v) is 5.63. The van der Waals surface area contributed by atoms with Crippen LogP contribution in [0.1, 0.15) is 25.0 Å². The van der Waals surface area contributed by atoms with E-state index in [1.165, 1.54) is 17.0 Å². The Morgan fingerprint density at radius 1 is 1.42 bits per heavy atom. The Hall–Kier alpha value is -2.03. The maximum Gasteiger partial charge on any atom is 0.417 e. The maximum atomic E-state index is 12.8. The van der Waals surface area contributed by atoms with Crippen LogP contribution in [0, 0.1) is 11.3 Å². The zero-order valence-electron chi connectivity index (χ0n) is 10.5. The van der Waals surface area contributed by atoms with E-state index in [1.807, 2.05) is 0 Å². The van der Waals surface area contributed by atoms with Crippen LogP contribution in [-0.4, -0.2) is 18.9 Å². The first-order valence-electron chi connectivity index (χ1n) is 5.63. The van der Waals surface area contributed by atoms with Gasteiger partial charge in [0, 0.05) is 11.7 Å². The summed E-state index contributed by atoms with van der Waals surface area (Å²) in [6.45, 7) is 3.55. The summed E-state index contributed by atoms with van der Waals surface area (Å²) in [5.74, 6) is 0. The van der Waals surface area contributed by atoms with Gasteiger partial charge >= 0.3 is 6.18 Å². The highest BCUT2D eigenvalue weighted by Gasteiger charge is 2.34. The lowest BCUT2D eigenvalue weighted by Gasteiger charge is -2.27. The van der Waals surface area contributed by atoms with Crippen molar-refractivity contribution in [3.05, 3.63) is 29.3 Å². The van der Waals surface area contributed by atoms with Crippen molar-refractivity contribution in [2.24, 2.45) is 0 Å². The van der Waals surface area contributed by atoms with E-state index in [4.69, 9.17) is 5.26 Å². The van der Waals surface area contributed by atoms with Gasteiger partial charge in [0.15, 0.2) is 0 Å². The van der Waals surface area contributed by atoms with Gasteiger partial charge in [-0.1, -0.05) is 0 Å². The number of hydrogen-bond acceptors (Lipinski definition) is 3. The fourth-order valence-corrected chi connectivity index (χ4v) is 1.74. The third-order valence-corrected chi connectivity index (χ3v) is 2.66. The van der Waals surface area contributed by atoms with Gasteiger partial charge < -0.3 is 9.69 Å². The fraction of sp³-hybridized carbons (Fsp3) is 0.385. The van der Waals surface area contributed by atoms with Crippen LogP contribution in [0.25, 0.3) is 0 Å². The highest BCUT2D eigenvalue weighted by molar-refractivity contribution is 5.63. The number of rotatable bonds is 4. The van der Waals surface area contributed by atoms with Crippen molar-refractivity contribution in [3.63, 3.8) is 0 Å². The van der Waals surface area contributed by atoms with Gasteiger partial charge in [-0.3, -0.25) is 0 Å². The first-order chi connectivity index (χ1) is 8.81. The molecule has 19 heavy (non-hydrogen) atoms. The van der Waals surface area contributed by atoms with Crippen molar-refractivity contribution in [2.75, 3.05) is 11.4 Å². The Bertz CT molecular complexity index is 504. The fourth-order valence-electron chi connectivity index (χ4n) is 1.74. The van der Waals surface area contributed by atoms with Gasteiger partial charge in [-0.05, 0) is 32.0 Å². The van der Waals surface area contributed by atoms with Crippen LogP contribution in [0.2, 0.25) is 0 Å². The Kier molecular flexibility index (Phi) is 4.54.